The molecule has 1 aromatic heterocycles. The molecule has 16 heteroatoms. The smallest absolute Gasteiger partial charge is 0.407 e. The van der Waals surface area contributed by atoms with Gasteiger partial charge in [0.15, 0.2) is 5.96 Å². The van der Waals surface area contributed by atoms with E-state index in [0.717, 1.165) is 74.7 Å². The van der Waals surface area contributed by atoms with Gasteiger partial charge < -0.3 is 46.3 Å². The maximum atomic E-state index is 13.0. The van der Waals surface area contributed by atoms with Crippen LogP contribution in [0.4, 0.5) is 20.1 Å². The van der Waals surface area contributed by atoms with E-state index in [0.29, 0.717) is 70.6 Å². The molecular formula is C35H52N10O6. The average molecular weight is 709 g/mol. The van der Waals surface area contributed by atoms with Gasteiger partial charge in [-0.25, -0.2) is 19.4 Å². The molecule has 2 bridgehead atoms. The number of carbonyl (C=O) groups excluding carboxylic acids is 2. The number of H-pyrrole nitrogens is 1. The summed E-state index contributed by atoms with van der Waals surface area (Å²) in [6.45, 7) is 3.50. The number of unbranched alkanes of at least 4 members (excludes halogenated alkanes) is 1. The fraction of sp³-hybridized carbons (Fsp3) is 0.600. The lowest BCUT2D eigenvalue weighted by molar-refractivity contribution is -0.132. The Labute approximate surface area is 298 Å². The van der Waals surface area contributed by atoms with Crippen molar-refractivity contribution in [3.8, 4) is 0 Å². The monoisotopic (exact) mass is 708 g/mol. The third-order valence-electron chi connectivity index (χ3n) is 10.9. The molecule has 3 heterocycles. The molecule has 2 saturated carbocycles. The van der Waals surface area contributed by atoms with E-state index in [-0.39, 0.29) is 17.9 Å². The summed E-state index contributed by atoms with van der Waals surface area (Å²) in [6.07, 6.45) is 11.5. The number of urea groups is 1. The number of nitrogens with two attached hydrogens (primary N) is 1. The number of aryl methyl sites for hydroxylation is 1. The van der Waals surface area contributed by atoms with E-state index in [1.165, 1.54) is 4.90 Å². The maximum absolute atomic E-state index is 13.0. The molecule has 2 aliphatic carbocycles. The number of nitrogens with zero attached hydrogens (tertiary/aromatic N) is 5. The van der Waals surface area contributed by atoms with Crippen LogP contribution in [0.2, 0.25) is 0 Å². The Bertz CT molecular complexity index is 1470. The number of guanidine groups is 1. The van der Waals surface area contributed by atoms with Gasteiger partial charge in [0.25, 0.3) is 0 Å². The lowest BCUT2D eigenvalue weighted by Crippen LogP contribution is -2.72. The number of benzene rings is 1. The van der Waals surface area contributed by atoms with Crippen molar-refractivity contribution < 1.29 is 29.4 Å². The first-order valence-corrected chi connectivity index (χ1v) is 18.0. The first kappa shape index (κ1) is 37.2. The molecule has 5 amide bonds. The topological polar surface area (TPSA) is 224 Å². The molecule has 0 radical (unpaired) electrons. The molecule has 1 aromatic carbocycles. The molecule has 0 unspecified atom stereocenters. The van der Waals surface area contributed by atoms with Gasteiger partial charge in [0, 0.05) is 70.7 Å². The standard InChI is InChI=1S/C22H32N6O3.C13H20N4O3/c23-19(24)26-18-9-7-15(8-10-18)13-25-20(29)27-11-12-28(21(30)31)22(14-27)16-3-1-4-17(22)6-2-5-16;18-12(4-2-1-3-11-9-14-10-15-11)16-5-7-17(8-6-16)13(19)20/h7-10,16-17H,1-6,11-14H2,(H,25,29)(H,30,31)(H4,23,24,26);9-10H,1-8H2,(H,14,15)(H,19,20)/t16-,17?,22?;. The van der Waals surface area contributed by atoms with Crippen molar-refractivity contribution in [3.63, 3.8) is 0 Å². The molecule has 278 valence electrons. The lowest BCUT2D eigenvalue weighted by atomic mass is 9.58. The molecule has 2 aliphatic heterocycles. The van der Waals surface area contributed by atoms with Crippen LogP contribution in [0.3, 0.4) is 0 Å². The van der Waals surface area contributed by atoms with Crippen LogP contribution in [0.15, 0.2) is 36.8 Å². The zero-order chi connectivity index (χ0) is 36.4. The minimum atomic E-state index is -0.906. The average Bonchev–Trinajstić information content (AvgIpc) is 3.63. The van der Waals surface area contributed by atoms with Crippen molar-refractivity contribution in [2.45, 2.75) is 76.3 Å². The van der Waals surface area contributed by atoms with Gasteiger partial charge in [0.2, 0.25) is 5.91 Å². The van der Waals surface area contributed by atoms with Gasteiger partial charge in [-0.1, -0.05) is 25.0 Å². The van der Waals surface area contributed by atoms with Gasteiger partial charge in [0.1, 0.15) is 0 Å². The van der Waals surface area contributed by atoms with Crippen molar-refractivity contribution in [1.82, 2.24) is 34.9 Å². The number of piperazine rings is 2. The molecule has 16 nitrogen and oxygen atoms in total. The predicted octanol–water partition coefficient (Wildman–Crippen LogP) is 3.78. The fourth-order valence-corrected chi connectivity index (χ4v) is 8.35. The van der Waals surface area contributed by atoms with Crippen molar-refractivity contribution >= 4 is 35.8 Å². The van der Waals surface area contributed by atoms with E-state index >= 15 is 0 Å². The Morgan fingerprint density at radius 2 is 1.51 bits per heavy atom. The summed E-state index contributed by atoms with van der Waals surface area (Å²) in [4.78, 5) is 61.5. The zero-order valence-corrected chi connectivity index (χ0v) is 29.2. The molecule has 2 saturated heterocycles. The van der Waals surface area contributed by atoms with Crippen molar-refractivity contribution in [2.24, 2.45) is 17.6 Å². The molecule has 1 spiro atoms. The van der Waals surface area contributed by atoms with Crippen molar-refractivity contribution in [2.75, 3.05) is 51.1 Å². The third kappa shape index (κ3) is 9.41. The van der Waals surface area contributed by atoms with Crippen LogP contribution in [-0.4, -0.2) is 121 Å². The Morgan fingerprint density at radius 3 is 2.08 bits per heavy atom. The summed E-state index contributed by atoms with van der Waals surface area (Å²) in [5.74, 6) is 0.682. The van der Waals surface area contributed by atoms with E-state index in [9.17, 15) is 24.3 Å². The highest BCUT2D eigenvalue weighted by Gasteiger charge is 2.57. The lowest BCUT2D eigenvalue weighted by Gasteiger charge is -2.61. The van der Waals surface area contributed by atoms with Gasteiger partial charge in [-0.15, -0.1) is 0 Å². The number of rotatable bonds is 8. The number of imidazole rings is 1. The van der Waals surface area contributed by atoms with E-state index in [4.69, 9.17) is 16.2 Å². The number of amides is 5. The first-order valence-electron chi connectivity index (χ1n) is 18.0. The normalized spacial score (nSPS) is 22.8. The minimum Gasteiger partial charge on any atom is -0.465 e. The maximum Gasteiger partial charge on any atom is 0.407 e. The van der Waals surface area contributed by atoms with Gasteiger partial charge in [-0.3, -0.25) is 15.1 Å². The summed E-state index contributed by atoms with van der Waals surface area (Å²) in [5.41, 5.74) is 7.58. The second kappa shape index (κ2) is 17.3. The summed E-state index contributed by atoms with van der Waals surface area (Å²) in [5, 5.41) is 31.8. The molecule has 6 rings (SSSR count). The number of nitrogens with one attached hydrogen (secondary N) is 4. The SMILES string of the molecule is N=C(N)Nc1ccc(CNC(=O)N2CCN(C(=O)O)[C@]3(C2)C2CCC[C@H]3CCC2)cc1.O=C(O)N1CCN(C(=O)CCCCc2c[nH]cn2)CC1. The fourth-order valence-electron chi connectivity index (χ4n) is 8.35. The minimum absolute atomic E-state index is 0.122. The Balaban J connectivity index is 0.000000218. The van der Waals surface area contributed by atoms with Crippen LogP contribution in [0.25, 0.3) is 0 Å². The van der Waals surface area contributed by atoms with E-state index in [1.807, 2.05) is 35.4 Å². The Kier molecular flexibility index (Phi) is 12.6. The quantitative estimate of drug-likeness (QED) is 0.120. The largest absolute Gasteiger partial charge is 0.465 e. The molecule has 4 fully saturated rings. The van der Waals surface area contributed by atoms with E-state index in [2.05, 4.69) is 20.6 Å². The second-order valence-corrected chi connectivity index (χ2v) is 13.9. The van der Waals surface area contributed by atoms with Crippen LogP contribution >= 0.6 is 0 Å². The highest BCUT2D eigenvalue weighted by atomic mass is 16.4. The van der Waals surface area contributed by atoms with Gasteiger partial charge in [-0.2, -0.15) is 0 Å². The number of anilines is 1. The predicted molar refractivity (Wildman–Crippen MR) is 190 cm³/mol. The van der Waals surface area contributed by atoms with E-state index in [1.54, 1.807) is 16.1 Å². The molecule has 51 heavy (non-hydrogen) atoms. The first-order chi connectivity index (χ1) is 24.6. The molecule has 2 aromatic rings. The summed E-state index contributed by atoms with van der Waals surface area (Å²) in [7, 11) is 0. The van der Waals surface area contributed by atoms with E-state index < -0.39 is 17.7 Å². The highest BCUT2D eigenvalue weighted by molar-refractivity contribution is 5.89. The van der Waals surface area contributed by atoms with Crippen LogP contribution < -0.4 is 16.4 Å². The van der Waals surface area contributed by atoms with Crippen LogP contribution in [-0.2, 0) is 17.8 Å². The molecule has 8 N–H and O–H groups in total. The number of aromatic nitrogens is 2. The van der Waals surface area contributed by atoms with Gasteiger partial charge >= 0.3 is 18.2 Å². The third-order valence-corrected chi connectivity index (χ3v) is 10.9. The van der Waals surface area contributed by atoms with Crippen LogP contribution in [0.5, 0.6) is 0 Å². The summed E-state index contributed by atoms with van der Waals surface area (Å²) < 4.78 is 0. The number of hydrogen-bond acceptors (Lipinski definition) is 6. The number of carbonyl (C=O) groups is 4. The Morgan fingerprint density at radius 1 is 0.882 bits per heavy atom. The molecule has 4 aliphatic rings. The summed E-state index contributed by atoms with van der Waals surface area (Å²) in [6, 6.07) is 7.24. The molecular weight excluding hydrogens is 656 g/mol. The van der Waals surface area contributed by atoms with Crippen LogP contribution in [0.1, 0.15) is 69.0 Å². The van der Waals surface area contributed by atoms with Crippen LogP contribution in [0, 0.1) is 17.2 Å². The zero-order valence-electron chi connectivity index (χ0n) is 29.2. The molecule has 0 atom stereocenters. The Hall–Kier alpha value is -5.02. The van der Waals surface area contributed by atoms with Gasteiger partial charge in [0.05, 0.1) is 17.6 Å². The number of hydrogen-bond donors (Lipinski definition) is 7. The highest BCUT2D eigenvalue weighted by Crippen LogP contribution is 2.52. The van der Waals surface area contributed by atoms with Crippen molar-refractivity contribution in [1.29, 1.82) is 5.41 Å². The number of aromatic amines is 1. The van der Waals surface area contributed by atoms with Crippen molar-refractivity contribution in [3.05, 3.63) is 48.0 Å². The number of carboxylic acid groups (broad SMARTS) is 2. The van der Waals surface area contributed by atoms with Gasteiger partial charge in [-0.05, 0) is 74.5 Å². The summed E-state index contributed by atoms with van der Waals surface area (Å²) >= 11 is 0. The second-order valence-electron chi connectivity index (χ2n) is 13.9.